The first kappa shape index (κ1) is 32.2. The van der Waals surface area contributed by atoms with E-state index < -0.39 is 0 Å². The normalized spacial score (nSPS) is 11.6. The molecule has 0 aliphatic carbocycles. The fourth-order valence-electron chi connectivity index (χ4n) is 7.73. The van der Waals surface area contributed by atoms with E-state index >= 15 is 0 Å². The van der Waals surface area contributed by atoms with Gasteiger partial charge in [0.1, 0.15) is 0 Å². The third-order valence-electron chi connectivity index (χ3n) is 10.4. The zero-order valence-electron chi connectivity index (χ0n) is 29.9. The van der Waals surface area contributed by atoms with Crippen LogP contribution >= 0.6 is 11.3 Å². The summed E-state index contributed by atoms with van der Waals surface area (Å²) in [7, 11) is 0. The summed E-state index contributed by atoms with van der Waals surface area (Å²) >= 11 is 1.87. The first-order valence-corrected chi connectivity index (χ1v) is 19.5. The molecule has 0 saturated carbocycles. The Morgan fingerprint density at radius 1 is 0.481 bits per heavy atom. The van der Waals surface area contributed by atoms with E-state index in [0.29, 0.717) is 17.5 Å². The van der Waals surface area contributed by atoms with E-state index in [1.54, 1.807) is 0 Å². The highest BCUT2D eigenvalue weighted by Crippen LogP contribution is 2.42. The highest BCUT2D eigenvalue weighted by Gasteiger charge is 2.17. The largest absolute Gasteiger partial charge is 0.309 e. The molecule has 4 nitrogen and oxygen atoms in total. The van der Waals surface area contributed by atoms with Gasteiger partial charge in [-0.15, -0.1) is 11.3 Å². The van der Waals surface area contributed by atoms with Crippen LogP contribution in [0.3, 0.4) is 0 Å². The van der Waals surface area contributed by atoms with E-state index in [1.807, 2.05) is 29.5 Å². The molecule has 3 aromatic heterocycles. The zero-order chi connectivity index (χ0) is 36.0. The maximum absolute atomic E-state index is 5.09. The quantitative estimate of drug-likeness (QED) is 0.158. The molecule has 0 radical (unpaired) electrons. The highest BCUT2D eigenvalue weighted by molar-refractivity contribution is 7.26. The second kappa shape index (κ2) is 13.5. The fourth-order valence-corrected chi connectivity index (χ4v) is 8.97. The molecule has 0 aliphatic rings. The Bertz CT molecular complexity index is 2980. The summed E-state index contributed by atoms with van der Waals surface area (Å²) in [5, 5.41) is 5.08. The predicted molar refractivity (Wildman–Crippen MR) is 227 cm³/mol. The van der Waals surface area contributed by atoms with E-state index in [9.17, 15) is 0 Å². The van der Waals surface area contributed by atoms with E-state index in [1.165, 1.54) is 60.5 Å². The predicted octanol–water partition coefficient (Wildman–Crippen LogP) is 13.3. The van der Waals surface area contributed by atoms with Crippen molar-refractivity contribution in [2.45, 2.75) is 26.2 Å². The SMILES string of the molecule is CCCCc1ccc(-c2nc(-c3ccccc3)nc(-c3cccc(-n4c5ccccc5c5cc(-c6cccc7c6sc6ccccc67)ccc54)c3)n2)cc1. The van der Waals surface area contributed by atoms with Gasteiger partial charge in [-0.25, -0.2) is 15.0 Å². The minimum absolute atomic E-state index is 0.648. The summed E-state index contributed by atoms with van der Waals surface area (Å²) in [6.45, 7) is 2.23. The number of nitrogens with zero attached hydrogens (tertiary/aromatic N) is 4. The molecule has 0 fully saturated rings. The molecule has 0 N–H and O–H groups in total. The third-order valence-corrected chi connectivity index (χ3v) is 11.7. The second-order valence-electron chi connectivity index (χ2n) is 13.9. The molecule has 10 aromatic rings. The van der Waals surface area contributed by atoms with Crippen molar-refractivity contribution in [3.8, 4) is 51.0 Å². The van der Waals surface area contributed by atoms with Crippen molar-refractivity contribution in [2.75, 3.05) is 0 Å². The summed E-state index contributed by atoms with van der Waals surface area (Å²) in [6, 6.07) is 58.5. The number of thiophene rings is 1. The topological polar surface area (TPSA) is 43.6 Å². The lowest BCUT2D eigenvalue weighted by atomic mass is 10.0. The molecule has 3 heterocycles. The summed E-state index contributed by atoms with van der Waals surface area (Å²) in [5.74, 6) is 1.98. The Kier molecular flexibility index (Phi) is 8.07. The van der Waals surface area contributed by atoms with Gasteiger partial charge in [0.2, 0.25) is 0 Å². The lowest BCUT2D eigenvalue weighted by Gasteiger charge is -2.12. The molecule has 258 valence electrons. The first-order chi connectivity index (χ1) is 26.7. The number of hydrogen-bond donors (Lipinski definition) is 0. The van der Waals surface area contributed by atoms with Gasteiger partial charge in [-0.05, 0) is 65.9 Å². The molecular weight excluding hydrogens is 677 g/mol. The van der Waals surface area contributed by atoms with Crippen LogP contribution in [0.4, 0.5) is 0 Å². The average Bonchev–Trinajstić information content (AvgIpc) is 3.79. The molecule has 0 bridgehead atoms. The highest BCUT2D eigenvalue weighted by atomic mass is 32.1. The number of rotatable bonds is 8. The van der Waals surface area contributed by atoms with Crippen molar-refractivity contribution in [3.05, 3.63) is 169 Å². The number of para-hydroxylation sites is 1. The molecule has 0 spiro atoms. The molecule has 54 heavy (non-hydrogen) atoms. The van der Waals surface area contributed by atoms with Crippen LogP contribution in [0.5, 0.6) is 0 Å². The van der Waals surface area contributed by atoms with Gasteiger partial charge in [0.05, 0.1) is 11.0 Å². The van der Waals surface area contributed by atoms with Gasteiger partial charge >= 0.3 is 0 Å². The molecule has 10 rings (SSSR count). The maximum Gasteiger partial charge on any atom is 0.164 e. The van der Waals surface area contributed by atoms with Crippen molar-refractivity contribution in [2.24, 2.45) is 0 Å². The standard InChI is InChI=1S/C49H36N4S/c1-2-3-13-32-24-26-34(27-25-32)48-50-47(33-14-5-4-6-15-33)51-49(52-48)36-16-11-17-37(30-36)53-43-22-9-7-18-39(43)42-31-35(28-29-44(42)53)38-20-12-21-41-40-19-8-10-23-45(40)54-46(38)41/h4-12,14-31H,2-3,13H2,1H3. The number of fused-ring (bicyclic) bond motifs is 6. The molecule has 0 saturated heterocycles. The van der Waals surface area contributed by atoms with Gasteiger partial charge in [0.15, 0.2) is 17.5 Å². The lowest BCUT2D eigenvalue weighted by Crippen LogP contribution is -2.01. The molecule has 0 amide bonds. The minimum atomic E-state index is 0.648. The Hall–Kier alpha value is -6.43. The van der Waals surface area contributed by atoms with E-state index in [2.05, 4.69) is 157 Å². The molecule has 0 aliphatic heterocycles. The summed E-state index contributed by atoms with van der Waals surface area (Å²) in [4.78, 5) is 15.1. The van der Waals surface area contributed by atoms with Crippen LogP contribution in [0.25, 0.3) is 93.0 Å². The van der Waals surface area contributed by atoms with E-state index in [4.69, 9.17) is 15.0 Å². The Morgan fingerprint density at radius 2 is 1.11 bits per heavy atom. The van der Waals surface area contributed by atoms with Crippen molar-refractivity contribution in [1.29, 1.82) is 0 Å². The maximum atomic E-state index is 5.09. The summed E-state index contributed by atoms with van der Waals surface area (Å²) in [6.07, 6.45) is 3.44. The molecule has 5 heteroatoms. The van der Waals surface area contributed by atoms with Gasteiger partial charge < -0.3 is 4.57 Å². The monoisotopic (exact) mass is 712 g/mol. The van der Waals surface area contributed by atoms with E-state index in [0.717, 1.165) is 39.8 Å². The molecule has 0 unspecified atom stereocenters. The minimum Gasteiger partial charge on any atom is -0.309 e. The van der Waals surface area contributed by atoms with E-state index in [-0.39, 0.29) is 0 Å². The van der Waals surface area contributed by atoms with Crippen LogP contribution in [0.15, 0.2) is 164 Å². The Balaban J connectivity index is 1.10. The van der Waals surface area contributed by atoms with Crippen LogP contribution in [0.2, 0.25) is 0 Å². The number of benzene rings is 7. The average molecular weight is 713 g/mol. The van der Waals surface area contributed by atoms with Gasteiger partial charge in [-0.2, -0.15) is 0 Å². The van der Waals surface area contributed by atoms with Crippen LogP contribution < -0.4 is 0 Å². The number of unbranched alkanes of at least 4 members (excludes halogenated alkanes) is 1. The number of aryl methyl sites for hydroxylation is 1. The van der Waals surface area contributed by atoms with Crippen LogP contribution in [0.1, 0.15) is 25.3 Å². The van der Waals surface area contributed by atoms with Gasteiger partial charge in [0.25, 0.3) is 0 Å². The van der Waals surface area contributed by atoms with Crippen LogP contribution in [-0.2, 0) is 6.42 Å². The Labute approximate surface area is 318 Å². The van der Waals surface area contributed by atoms with Crippen molar-refractivity contribution < 1.29 is 0 Å². The van der Waals surface area contributed by atoms with Crippen LogP contribution in [-0.4, -0.2) is 19.5 Å². The first-order valence-electron chi connectivity index (χ1n) is 18.7. The molecular formula is C49H36N4S. The lowest BCUT2D eigenvalue weighted by molar-refractivity contribution is 0.795. The molecule has 0 atom stereocenters. The van der Waals surface area contributed by atoms with Crippen molar-refractivity contribution in [3.63, 3.8) is 0 Å². The molecule has 7 aromatic carbocycles. The Morgan fingerprint density at radius 3 is 1.93 bits per heavy atom. The number of aromatic nitrogens is 4. The number of hydrogen-bond acceptors (Lipinski definition) is 4. The van der Waals surface area contributed by atoms with Gasteiger partial charge in [-0.3, -0.25) is 0 Å². The van der Waals surface area contributed by atoms with Gasteiger partial charge in [0, 0.05) is 53.3 Å². The second-order valence-corrected chi connectivity index (χ2v) is 14.9. The van der Waals surface area contributed by atoms with Crippen LogP contribution in [0, 0.1) is 0 Å². The zero-order valence-corrected chi connectivity index (χ0v) is 30.7. The summed E-state index contributed by atoms with van der Waals surface area (Å²) in [5.41, 5.74) is 10.1. The fraction of sp³-hybridized carbons (Fsp3) is 0.0816. The smallest absolute Gasteiger partial charge is 0.164 e. The summed E-state index contributed by atoms with van der Waals surface area (Å²) < 4.78 is 5.01. The van der Waals surface area contributed by atoms with Gasteiger partial charge in [-0.1, -0.05) is 141 Å². The van der Waals surface area contributed by atoms with Crippen molar-refractivity contribution in [1.82, 2.24) is 19.5 Å². The van der Waals surface area contributed by atoms with Crippen molar-refractivity contribution >= 4 is 53.3 Å². The third kappa shape index (κ3) is 5.65.